The molecule has 1 aromatic rings. The number of benzene rings is 1. The summed E-state index contributed by atoms with van der Waals surface area (Å²) in [6.07, 6.45) is 1.68. The molecule has 2 N–H and O–H groups in total. The average molecular weight is 364 g/mol. The summed E-state index contributed by atoms with van der Waals surface area (Å²) in [6, 6.07) is 7.55. The summed E-state index contributed by atoms with van der Waals surface area (Å²) in [5, 5.41) is 6.22. The topological polar surface area (TPSA) is 53.6 Å². The number of carbonyl (C=O) groups excluding carboxylic acids is 1. The fourth-order valence-electron chi connectivity index (χ4n) is 2.34. The van der Waals surface area contributed by atoms with E-state index in [2.05, 4.69) is 15.5 Å². The summed E-state index contributed by atoms with van der Waals surface area (Å²) in [6.45, 7) is 3.52. The number of anilines is 1. The second-order valence-corrected chi connectivity index (χ2v) is 5.79. The first-order valence-corrected chi connectivity index (χ1v) is 7.51. The van der Waals surface area contributed by atoms with Crippen LogP contribution in [0.5, 0.6) is 5.75 Å². The van der Waals surface area contributed by atoms with Crippen LogP contribution >= 0.6 is 24.8 Å². The number of rotatable bonds is 7. The molecule has 1 amide bonds. The van der Waals surface area contributed by atoms with Gasteiger partial charge in [0.25, 0.3) is 0 Å². The predicted octanol–water partition coefficient (Wildman–Crippen LogP) is 2.41. The van der Waals surface area contributed by atoms with Gasteiger partial charge < -0.3 is 20.3 Å². The Morgan fingerprint density at radius 2 is 2.00 bits per heavy atom. The second kappa shape index (κ2) is 11.5. The molecule has 2 rings (SSSR count). The lowest BCUT2D eigenvalue weighted by Crippen LogP contribution is -2.19. The van der Waals surface area contributed by atoms with E-state index < -0.39 is 0 Å². The molecular formula is C16H27Cl2N3O2. The van der Waals surface area contributed by atoms with Gasteiger partial charge in [0.05, 0.1) is 0 Å². The minimum atomic E-state index is 0. The van der Waals surface area contributed by atoms with Gasteiger partial charge in [-0.25, -0.2) is 0 Å². The number of amides is 1. The Labute approximate surface area is 151 Å². The summed E-state index contributed by atoms with van der Waals surface area (Å²) in [5.41, 5.74) is 0.825. The van der Waals surface area contributed by atoms with Crippen molar-refractivity contribution in [2.75, 3.05) is 45.7 Å². The molecule has 0 saturated carbocycles. The van der Waals surface area contributed by atoms with Crippen LogP contribution in [0.2, 0.25) is 0 Å². The number of nitrogens with zero attached hydrogens (tertiary/aromatic N) is 1. The maximum Gasteiger partial charge on any atom is 0.224 e. The lowest BCUT2D eigenvalue weighted by molar-refractivity contribution is -0.116. The average Bonchev–Trinajstić information content (AvgIpc) is 2.93. The van der Waals surface area contributed by atoms with Gasteiger partial charge in [-0.05, 0) is 63.8 Å². The van der Waals surface area contributed by atoms with Crippen LogP contribution in [0, 0.1) is 5.92 Å². The molecular weight excluding hydrogens is 337 g/mol. The molecule has 1 aliphatic heterocycles. The number of hydrogen-bond donors (Lipinski definition) is 2. The standard InChI is InChI=1S/C16H25N3O2.2ClH/c1-19(2)9-10-21-15-5-3-14(4-6-15)18-16(20)11-13-7-8-17-12-13;;/h3-6,13,17H,7-12H2,1-2H3,(H,18,20);2*1H. The van der Waals surface area contributed by atoms with Crippen molar-refractivity contribution < 1.29 is 9.53 Å². The third-order valence-corrected chi connectivity index (χ3v) is 3.58. The Morgan fingerprint density at radius 3 is 2.57 bits per heavy atom. The third-order valence-electron chi connectivity index (χ3n) is 3.58. The summed E-state index contributed by atoms with van der Waals surface area (Å²) < 4.78 is 5.62. The summed E-state index contributed by atoms with van der Waals surface area (Å²) >= 11 is 0. The molecule has 132 valence electrons. The van der Waals surface area contributed by atoms with Gasteiger partial charge >= 0.3 is 0 Å². The van der Waals surface area contributed by atoms with Gasteiger partial charge in [0.2, 0.25) is 5.91 Å². The van der Waals surface area contributed by atoms with E-state index in [0.717, 1.165) is 37.5 Å². The van der Waals surface area contributed by atoms with Gasteiger partial charge in [0.15, 0.2) is 0 Å². The predicted molar refractivity (Wildman–Crippen MR) is 99.2 cm³/mol. The first-order valence-electron chi connectivity index (χ1n) is 7.51. The molecule has 0 aromatic heterocycles. The molecule has 0 bridgehead atoms. The molecule has 1 atom stereocenters. The third kappa shape index (κ3) is 8.42. The van der Waals surface area contributed by atoms with Crippen molar-refractivity contribution in [1.82, 2.24) is 10.2 Å². The van der Waals surface area contributed by atoms with Crippen molar-refractivity contribution >= 4 is 36.4 Å². The molecule has 0 spiro atoms. The van der Waals surface area contributed by atoms with Gasteiger partial charge in [0.1, 0.15) is 12.4 Å². The minimum Gasteiger partial charge on any atom is -0.492 e. The highest BCUT2D eigenvalue weighted by Gasteiger charge is 2.17. The lowest BCUT2D eigenvalue weighted by atomic mass is 10.0. The molecule has 1 heterocycles. The first kappa shape index (κ1) is 22.0. The van der Waals surface area contributed by atoms with Crippen molar-refractivity contribution in [1.29, 1.82) is 0 Å². The Hall–Kier alpha value is -1.01. The van der Waals surface area contributed by atoms with E-state index in [1.807, 2.05) is 38.4 Å². The Balaban J connectivity index is 0.00000242. The summed E-state index contributed by atoms with van der Waals surface area (Å²) in [4.78, 5) is 14.0. The molecule has 0 aliphatic carbocycles. The largest absolute Gasteiger partial charge is 0.492 e. The van der Waals surface area contributed by atoms with Crippen LogP contribution in [0.4, 0.5) is 5.69 Å². The fraction of sp³-hybridized carbons (Fsp3) is 0.562. The molecule has 1 aromatic carbocycles. The molecule has 1 unspecified atom stereocenters. The van der Waals surface area contributed by atoms with E-state index in [1.54, 1.807) is 0 Å². The highest BCUT2D eigenvalue weighted by Crippen LogP contribution is 2.17. The van der Waals surface area contributed by atoms with E-state index in [1.165, 1.54) is 0 Å². The zero-order valence-corrected chi connectivity index (χ0v) is 15.3. The van der Waals surface area contributed by atoms with E-state index >= 15 is 0 Å². The number of carbonyl (C=O) groups is 1. The normalized spacial score (nSPS) is 16.4. The van der Waals surface area contributed by atoms with Gasteiger partial charge in [0, 0.05) is 18.7 Å². The van der Waals surface area contributed by atoms with Crippen LogP contribution in [0.3, 0.4) is 0 Å². The molecule has 1 aliphatic rings. The molecule has 23 heavy (non-hydrogen) atoms. The van der Waals surface area contributed by atoms with Crippen LogP contribution in [-0.4, -0.2) is 51.1 Å². The number of nitrogens with one attached hydrogen (secondary N) is 2. The Kier molecular flexibility index (Phi) is 11.0. The number of ether oxygens (including phenoxy) is 1. The van der Waals surface area contributed by atoms with Crippen LogP contribution in [0.15, 0.2) is 24.3 Å². The van der Waals surface area contributed by atoms with Crippen molar-refractivity contribution in [3.05, 3.63) is 24.3 Å². The molecule has 7 heteroatoms. The van der Waals surface area contributed by atoms with Crippen LogP contribution in [-0.2, 0) is 4.79 Å². The van der Waals surface area contributed by atoms with Gasteiger partial charge in [-0.15, -0.1) is 24.8 Å². The highest BCUT2D eigenvalue weighted by atomic mass is 35.5. The van der Waals surface area contributed by atoms with Gasteiger partial charge in [-0.3, -0.25) is 4.79 Å². The SMILES string of the molecule is CN(C)CCOc1ccc(NC(=O)CC2CCNC2)cc1.Cl.Cl. The van der Waals surface area contributed by atoms with Crippen molar-refractivity contribution in [3.63, 3.8) is 0 Å². The summed E-state index contributed by atoms with van der Waals surface area (Å²) in [5.74, 6) is 1.39. The molecule has 5 nitrogen and oxygen atoms in total. The zero-order valence-electron chi connectivity index (χ0n) is 13.7. The maximum absolute atomic E-state index is 11.9. The van der Waals surface area contributed by atoms with Crippen LogP contribution in [0.25, 0.3) is 0 Å². The fourth-order valence-corrected chi connectivity index (χ4v) is 2.34. The lowest BCUT2D eigenvalue weighted by Gasteiger charge is -2.12. The minimum absolute atomic E-state index is 0. The molecule has 0 radical (unpaired) electrons. The summed E-state index contributed by atoms with van der Waals surface area (Å²) in [7, 11) is 4.03. The zero-order chi connectivity index (χ0) is 15.1. The van der Waals surface area contributed by atoms with Crippen molar-refractivity contribution in [2.24, 2.45) is 5.92 Å². The Bertz CT molecular complexity index is 449. The molecule has 1 fully saturated rings. The number of hydrogen-bond acceptors (Lipinski definition) is 4. The number of halogens is 2. The monoisotopic (exact) mass is 363 g/mol. The first-order chi connectivity index (χ1) is 10.1. The van der Waals surface area contributed by atoms with Crippen LogP contribution in [0.1, 0.15) is 12.8 Å². The quantitative estimate of drug-likeness (QED) is 0.780. The van der Waals surface area contributed by atoms with E-state index in [0.29, 0.717) is 18.9 Å². The van der Waals surface area contributed by atoms with E-state index in [-0.39, 0.29) is 30.7 Å². The molecule has 1 saturated heterocycles. The van der Waals surface area contributed by atoms with Gasteiger partial charge in [-0.2, -0.15) is 0 Å². The van der Waals surface area contributed by atoms with E-state index in [9.17, 15) is 4.79 Å². The van der Waals surface area contributed by atoms with E-state index in [4.69, 9.17) is 4.74 Å². The Morgan fingerprint density at radius 1 is 1.30 bits per heavy atom. The van der Waals surface area contributed by atoms with Crippen molar-refractivity contribution in [3.8, 4) is 5.75 Å². The van der Waals surface area contributed by atoms with Crippen molar-refractivity contribution in [2.45, 2.75) is 12.8 Å². The smallest absolute Gasteiger partial charge is 0.224 e. The van der Waals surface area contributed by atoms with Crippen LogP contribution < -0.4 is 15.4 Å². The second-order valence-electron chi connectivity index (χ2n) is 5.79. The maximum atomic E-state index is 11.9. The number of likely N-dealkylation sites (N-methyl/N-ethyl adjacent to an activating group) is 1. The highest BCUT2D eigenvalue weighted by molar-refractivity contribution is 5.90. The van der Waals surface area contributed by atoms with Gasteiger partial charge in [-0.1, -0.05) is 0 Å².